The van der Waals surface area contributed by atoms with Crippen LogP contribution < -0.4 is 15.4 Å². The van der Waals surface area contributed by atoms with E-state index in [4.69, 9.17) is 4.74 Å². The highest BCUT2D eigenvalue weighted by Gasteiger charge is 2.10. The number of aromatic nitrogens is 2. The Kier molecular flexibility index (Phi) is 6.51. The fourth-order valence-electron chi connectivity index (χ4n) is 2.07. The van der Waals surface area contributed by atoms with Gasteiger partial charge >= 0.3 is 0 Å². The van der Waals surface area contributed by atoms with Crippen molar-refractivity contribution in [3.8, 4) is 5.75 Å². The molecule has 0 fully saturated rings. The van der Waals surface area contributed by atoms with Crippen LogP contribution in [0.3, 0.4) is 0 Å². The van der Waals surface area contributed by atoms with Crippen LogP contribution in [0.25, 0.3) is 0 Å². The number of nitrogens with one attached hydrogen (secondary N) is 2. The van der Waals surface area contributed by atoms with E-state index in [1.54, 1.807) is 19.2 Å². The molecule has 24 heavy (non-hydrogen) atoms. The molecule has 2 N–H and O–H groups in total. The second-order valence-electron chi connectivity index (χ2n) is 5.53. The molecule has 0 unspecified atom stereocenters. The summed E-state index contributed by atoms with van der Waals surface area (Å²) in [5.41, 5.74) is 0.996. The second kappa shape index (κ2) is 8.83. The Morgan fingerprint density at radius 2 is 1.92 bits per heavy atom. The van der Waals surface area contributed by atoms with Crippen LogP contribution >= 0.6 is 0 Å². The van der Waals surface area contributed by atoms with Gasteiger partial charge in [0.25, 0.3) is 5.91 Å². The number of para-hydroxylation sites is 2. The van der Waals surface area contributed by atoms with E-state index in [-0.39, 0.29) is 5.91 Å². The van der Waals surface area contributed by atoms with E-state index in [1.807, 2.05) is 26.2 Å². The minimum Gasteiger partial charge on any atom is -0.495 e. The number of carbonyl (C=O) groups excluding carboxylic acids is 1. The summed E-state index contributed by atoms with van der Waals surface area (Å²) >= 11 is 0. The zero-order chi connectivity index (χ0) is 17.4. The molecule has 1 heterocycles. The Bertz CT molecular complexity index is 658. The lowest BCUT2D eigenvalue weighted by Crippen LogP contribution is -2.17. The van der Waals surface area contributed by atoms with Crippen molar-refractivity contribution in [2.24, 2.45) is 0 Å². The number of rotatable bonds is 8. The number of benzene rings is 1. The summed E-state index contributed by atoms with van der Waals surface area (Å²) in [4.78, 5) is 22.7. The first-order chi connectivity index (χ1) is 11.6. The molecule has 7 nitrogen and oxygen atoms in total. The molecule has 2 rings (SSSR count). The SMILES string of the molecule is COc1ccccc1NC(=O)c1cnc(NCCCN(C)C)nc1. The molecular weight excluding hydrogens is 306 g/mol. The van der Waals surface area contributed by atoms with E-state index in [2.05, 4.69) is 25.5 Å². The molecular formula is C17H23N5O2. The van der Waals surface area contributed by atoms with Gasteiger partial charge < -0.3 is 20.3 Å². The zero-order valence-corrected chi connectivity index (χ0v) is 14.2. The fraction of sp³-hybridized carbons (Fsp3) is 0.353. The number of carbonyl (C=O) groups is 1. The number of hydrogen-bond donors (Lipinski definition) is 2. The number of ether oxygens (including phenoxy) is 1. The van der Waals surface area contributed by atoms with Crippen LogP contribution in [0.15, 0.2) is 36.7 Å². The highest BCUT2D eigenvalue weighted by Crippen LogP contribution is 2.23. The number of hydrogen-bond acceptors (Lipinski definition) is 6. The molecule has 0 aliphatic heterocycles. The van der Waals surface area contributed by atoms with Crippen LogP contribution in [-0.2, 0) is 0 Å². The first-order valence-electron chi connectivity index (χ1n) is 7.75. The molecule has 2 aromatic rings. The molecule has 0 bridgehead atoms. The lowest BCUT2D eigenvalue weighted by Gasteiger charge is -2.10. The standard InChI is InChI=1S/C17H23N5O2/c1-22(2)10-6-9-18-17-19-11-13(12-20-17)16(23)21-14-7-4-5-8-15(14)24-3/h4-5,7-8,11-12H,6,9-10H2,1-3H3,(H,21,23)(H,18,19,20). The summed E-state index contributed by atoms with van der Waals surface area (Å²) in [6.45, 7) is 1.78. The average molecular weight is 329 g/mol. The monoisotopic (exact) mass is 329 g/mol. The Balaban J connectivity index is 1.91. The molecule has 0 saturated heterocycles. The van der Waals surface area contributed by atoms with Gasteiger partial charge in [0, 0.05) is 18.9 Å². The number of methoxy groups -OCH3 is 1. The lowest BCUT2D eigenvalue weighted by molar-refractivity contribution is 0.102. The predicted octanol–water partition coefficient (Wildman–Crippen LogP) is 2.10. The van der Waals surface area contributed by atoms with Crippen LogP contribution in [-0.4, -0.2) is 55.1 Å². The lowest BCUT2D eigenvalue weighted by atomic mass is 10.2. The van der Waals surface area contributed by atoms with Gasteiger partial charge in [-0.25, -0.2) is 9.97 Å². The highest BCUT2D eigenvalue weighted by molar-refractivity contribution is 6.04. The summed E-state index contributed by atoms with van der Waals surface area (Å²) in [5, 5.41) is 5.93. The molecule has 7 heteroatoms. The zero-order valence-electron chi connectivity index (χ0n) is 14.2. The van der Waals surface area contributed by atoms with Gasteiger partial charge in [-0.2, -0.15) is 0 Å². The fourth-order valence-corrected chi connectivity index (χ4v) is 2.07. The van der Waals surface area contributed by atoms with Gasteiger partial charge in [0.1, 0.15) is 5.75 Å². The van der Waals surface area contributed by atoms with E-state index in [0.29, 0.717) is 22.9 Å². The molecule has 1 amide bonds. The largest absolute Gasteiger partial charge is 0.495 e. The van der Waals surface area contributed by atoms with Crippen molar-refractivity contribution in [3.63, 3.8) is 0 Å². The Hall–Kier alpha value is -2.67. The molecule has 1 aromatic carbocycles. The highest BCUT2D eigenvalue weighted by atomic mass is 16.5. The molecule has 128 valence electrons. The average Bonchev–Trinajstić information content (AvgIpc) is 2.59. The Morgan fingerprint density at radius 1 is 1.21 bits per heavy atom. The van der Waals surface area contributed by atoms with Gasteiger partial charge in [0.2, 0.25) is 5.95 Å². The number of anilines is 2. The van der Waals surface area contributed by atoms with Gasteiger partial charge in [0.05, 0.1) is 18.4 Å². The second-order valence-corrected chi connectivity index (χ2v) is 5.53. The van der Waals surface area contributed by atoms with Crippen LogP contribution in [0, 0.1) is 0 Å². The minimum atomic E-state index is -0.279. The summed E-state index contributed by atoms with van der Waals surface area (Å²) in [6, 6.07) is 7.23. The van der Waals surface area contributed by atoms with Gasteiger partial charge in [-0.3, -0.25) is 4.79 Å². The van der Waals surface area contributed by atoms with Crippen molar-refractivity contribution < 1.29 is 9.53 Å². The van der Waals surface area contributed by atoms with Crippen molar-refractivity contribution in [1.29, 1.82) is 0 Å². The third kappa shape index (κ3) is 5.20. The van der Waals surface area contributed by atoms with E-state index < -0.39 is 0 Å². The smallest absolute Gasteiger partial charge is 0.258 e. The molecule has 0 atom stereocenters. The van der Waals surface area contributed by atoms with Crippen molar-refractivity contribution in [3.05, 3.63) is 42.2 Å². The summed E-state index contributed by atoms with van der Waals surface area (Å²) in [7, 11) is 5.63. The molecule has 0 spiro atoms. The number of amides is 1. The molecule has 0 radical (unpaired) electrons. The maximum atomic E-state index is 12.3. The maximum Gasteiger partial charge on any atom is 0.258 e. The maximum absolute atomic E-state index is 12.3. The summed E-state index contributed by atoms with van der Waals surface area (Å²) in [6.07, 6.45) is 4.00. The summed E-state index contributed by atoms with van der Waals surface area (Å²) in [5.74, 6) is 0.840. The van der Waals surface area contributed by atoms with E-state index in [1.165, 1.54) is 12.4 Å². The molecule has 1 aromatic heterocycles. The quantitative estimate of drug-likeness (QED) is 0.722. The van der Waals surface area contributed by atoms with E-state index in [9.17, 15) is 4.79 Å². The van der Waals surface area contributed by atoms with Gasteiger partial charge in [0.15, 0.2) is 0 Å². The molecule has 0 aliphatic carbocycles. The topological polar surface area (TPSA) is 79.4 Å². The third-order valence-corrected chi connectivity index (χ3v) is 3.33. The van der Waals surface area contributed by atoms with Crippen LogP contribution in [0.2, 0.25) is 0 Å². The first-order valence-corrected chi connectivity index (χ1v) is 7.75. The van der Waals surface area contributed by atoms with Crippen molar-refractivity contribution in [2.45, 2.75) is 6.42 Å². The Labute approximate surface area is 142 Å². The van der Waals surface area contributed by atoms with Crippen LogP contribution in [0.4, 0.5) is 11.6 Å². The van der Waals surface area contributed by atoms with Gasteiger partial charge in [-0.15, -0.1) is 0 Å². The van der Waals surface area contributed by atoms with Crippen molar-refractivity contribution >= 4 is 17.5 Å². The Morgan fingerprint density at radius 3 is 2.58 bits per heavy atom. The van der Waals surface area contributed by atoms with Crippen molar-refractivity contribution in [2.75, 3.05) is 44.9 Å². The summed E-state index contributed by atoms with van der Waals surface area (Å²) < 4.78 is 5.21. The third-order valence-electron chi connectivity index (χ3n) is 3.33. The predicted molar refractivity (Wildman–Crippen MR) is 94.6 cm³/mol. The van der Waals surface area contributed by atoms with E-state index in [0.717, 1.165) is 19.5 Å². The van der Waals surface area contributed by atoms with Crippen LogP contribution in [0.5, 0.6) is 5.75 Å². The number of nitrogens with zero attached hydrogens (tertiary/aromatic N) is 3. The van der Waals surface area contributed by atoms with Gasteiger partial charge in [-0.05, 0) is 39.2 Å². The van der Waals surface area contributed by atoms with Crippen molar-refractivity contribution in [1.82, 2.24) is 14.9 Å². The minimum absolute atomic E-state index is 0.279. The van der Waals surface area contributed by atoms with Gasteiger partial charge in [-0.1, -0.05) is 12.1 Å². The van der Waals surface area contributed by atoms with Crippen LogP contribution in [0.1, 0.15) is 16.8 Å². The normalized spacial score (nSPS) is 10.5. The van der Waals surface area contributed by atoms with E-state index >= 15 is 0 Å². The molecule has 0 aliphatic rings. The first kappa shape index (κ1) is 17.7. The molecule has 0 saturated carbocycles.